The highest BCUT2D eigenvalue weighted by atomic mass is 32.2. The van der Waals surface area contributed by atoms with Crippen LogP contribution in [0.25, 0.3) is 11.0 Å². The van der Waals surface area contributed by atoms with Gasteiger partial charge in [-0.2, -0.15) is 8.78 Å². The van der Waals surface area contributed by atoms with Gasteiger partial charge in [0.2, 0.25) is 0 Å². The number of hydrogen-bond acceptors (Lipinski definition) is 5. The number of methoxy groups -OCH3 is 1. The molecule has 6 nitrogen and oxygen atoms in total. The molecule has 0 saturated carbocycles. The number of imidazole rings is 1. The number of alkyl halides is 2. The molecule has 0 saturated heterocycles. The van der Waals surface area contributed by atoms with Gasteiger partial charge in [-0.15, -0.1) is 0 Å². The van der Waals surface area contributed by atoms with E-state index in [-0.39, 0.29) is 16.7 Å². The Hall–Kier alpha value is -2.55. The molecule has 0 aliphatic heterocycles. The zero-order chi connectivity index (χ0) is 17.1. The molecular weight excluding hydrogens is 340 g/mol. The van der Waals surface area contributed by atoms with E-state index in [4.69, 9.17) is 4.74 Å². The average molecular weight is 353 g/mol. The summed E-state index contributed by atoms with van der Waals surface area (Å²) in [5, 5.41) is 0.240. The maximum atomic E-state index is 12.4. The molecule has 0 bridgehead atoms. The molecule has 0 fully saturated rings. The van der Waals surface area contributed by atoms with Gasteiger partial charge in [0.25, 0.3) is 0 Å². The van der Waals surface area contributed by atoms with Crippen molar-refractivity contribution >= 4 is 21.8 Å². The lowest BCUT2D eigenvalue weighted by Gasteiger charge is -2.02. The number of aromatic nitrogens is 3. The van der Waals surface area contributed by atoms with E-state index in [1.165, 1.54) is 25.3 Å². The van der Waals surface area contributed by atoms with Crippen LogP contribution in [0.5, 0.6) is 11.5 Å². The first-order valence-corrected chi connectivity index (χ1v) is 8.19. The van der Waals surface area contributed by atoms with E-state index in [1.54, 1.807) is 18.3 Å². The molecule has 2 heterocycles. The van der Waals surface area contributed by atoms with E-state index >= 15 is 0 Å². The van der Waals surface area contributed by atoms with E-state index in [1.807, 2.05) is 0 Å². The maximum absolute atomic E-state index is 12.4. The molecule has 9 heteroatoms. The van der Waals surface area contributed by atoms with Crippen LogP contribution in [0.2, 0.25) is 0 Å². The summed E-state index contributed by atoms with van der Waals surface area (Å²) >= 11 is 0. The number of aromatic amines is 1. The third-order valence-corrected chi connectivity index (χ3v) is 4.36. The highest BCUT2D eigenvalue weighted by molar-refractivity contribution is 7.84. The number of nitrogens with one attached hydrogen (secondary N) is 1. The van der Waals surface area contributed by atoms with Crippen molar-refractivity contribution in [2.24, 2.45) is 0 Å². The Balaban J connectivity index is 1.81. The SMILES string of the molecule is COc1ccnc(C[S@@](=O)c2nc3ccc(OC(F)F)cc3[nH]2)c1. The first-order chi connectivity index (χ1) is 11.5. The average Bonchev–Trinajstić information content (AvgIpc) is 2.98. The Labute approximate surface area is 138 Å². The lowest BCUT2D eigenvalue weighted by atomic mass is 10.3. The predicted octanol–water partition coefficient (Wildman–Crippen LogP) is 2.88. The van der Waals surface area contributed by atoms with Gasteiger partial charge in [0.15, 0.2) is 5.16 Å². The molecule has 0 unspecified atom stereocenters. The zero-order valence-electron chi connectivity index (χ0n) is 12.5. The van der Waals surface area contributed by atoms with E-state index in [0.717, 1.165) is 0 Å². The normalized spacial score (nSPS) is 12.5. The summed E-state index contributed by atoms with van der Waals surface area (Å²) in [5.74, 6) is 0.778. The number of pyridine rings is 1. The Bertz CT molecular complexity index is 885. The van der Waals surface area contributed by atoms with Gasteiger partial charge in [0, 0.05) is 18.3 Å². The summed E-state index contributed by atoms with van der Waals surface area (Å²) in [4.78, 5) is 11.2. The first-order valence-electron chi connectivity index (χ1n) is 6.87. The van der Waals surface area contributed by atoms with Crippen LogP contribution >= 0.6 is 0 Å². The van der Waals surface area contributed by atoms with Gasteiger partial charge in [0.1, 0.15) is 11.5 Å². The Morgan fingerprint density at radius 3 is 2.83 bits per heavy atom. The molecule has 0 aliphatic rings. The van der Waals surface area contributed by atoms with Gasteiger partial charge in [-0.3, -0.25) is 9.19 Å². The zero-order valence-corrected chi connectivity index (χ0v) is 13.3. The van der Waals surface area contributed by atoms with E-state index < -0.39 is 17.4 Å². The summed E-state index contributed by atoms with van der Waals surface area (Å²) in [7, 11) is 0.0678. The molecule has 0 amide bonds. The van der Waals surface area contributed by atoms with Crippen molar-refractivity contribution < 1.29 is 22.5 Å². The summed E-state index contributed by atoms with van der Waals surface area (Å²) in [5.41, 5.74) is 1.57. The quantitative estimate of drug-likeness (QED) is 0.737. The number of ether oxygens (including phenoxy) is 2. The van der Waals surface area contributed by atoms with Gasteiger partial charge in [-0.1, -0.05) is 0 Å². The van der Waals surface area contributed by atoms with Gasteiger partial charge >= 0.3 is 6.61 Å². The molecular formula is C15H13F2N3O3S. The number of H-pyrrole nitrogens is 1. The lowest BCUT2D eigenvalue weighted by molar-refractivity contribution is -0.0497. The second kappa shape index (κ2) is 6.91. The van der Waals surface area contributed by atoms with Gasteiger partial charge in [0.05, 0.1) is 40.4 Å². The van der Waals surface area contributed by atoms with Crippen LogP contribution in [-0.4, -0.2) is 32.9 Å². The third-order valence-electron chi connectivity index (χ3n) is 3.18. The minimum absolute atomic E-state index is 0.00736. The van der Waals surface area contributed by atoms with Crippen molar-refractivity contribution in [1.29, 1.82) is 0 Å². The molecule has 0 radical (unpaired) electrons. The summed E-state index contributed by atoms with van der Waals surface area (Å²) in [6.07, 6.45) is 1.57. The summed E-state index contributed by atoms with van der Waals surface area (Å²) < 4.78 is 46.3. The molecule has 3 aromatic rings. The Morgan fingerprint density at radius 1 is 1.25 bits per heavy atom. The monoisotopic (exact) mass is 353 g/mol. The lowest BCUT2D eigenvalue weighted by Crippen LogP contribution is -2.01. The number of rotatable bonds is 6. The number of hydrogen-bond donors (Lipinski definition) is 1. The molecule has 1 aromatic carbocycles. The second-order valence-corrected chi connectivity index (χ2v) is 6.14. The third kappa shape index (κ3) is 3.67. The van der Waals surface area contributed by atoms with Crippen LogP contribution in [0.3, 0.4) is 0 Å². The standard InChI is InChI=1S/C15H13F2N3O3S/c1-22-10-4-5-18-9(6-10)8-24(21)15-19-12-3-2-11(23-14(16)17)7-13(12)20-15/h2-7,14H,8H2,1H3,(H,19,20)/t24-/m1/s1. The van der Waals surface area contributed by atoms with E-state index in [0.29, 0.717) is 22.5 Å². The molecule has 24 heavy (non-hydrogen) atoms. The number of fused-ring (bicyclic) bond motifs is 1. The smallest absolute Gasteiger partial charge is 0.387 e. The van der Waals surface area contributed by atoms with Crippen LogP contribution in [-0.2, 0) is 16.6 Å². The summed E-state index contributed by atoms with van der Waals surface area (Å²) in [6, 6.07) is 7.67. The van der Waals surface area contributed by atoms with Crippen molar-refractivity contribution in [3.8, 4) is 11.5 Å². The van der Waals surface area contributed by atoms with Crippen LogP contribution in [0, 0.1) is 0 Å². The highest BCUT2D eigenvalue weighted by Crippen LogP contribution is 2.22. The number of halogens is 2. The number of nitrogens with zero attached hydrogens (tertiary/aromatic N) is 2. The molecule has 1 N–H and O–H groups in total. The second-order valence-electron chi connectivity index (χ2n) is 4.78. The fraction of sp³-hybridized carbons (Fsp3) is 0.200. The van der Waals surface area contributed by atoms with Crippen molar-refractivity contribution in [2.75, 3.05) is 7.11 Å². The molecule has 0 spiro atoms. The fourth-order valence-electron chi connectivity index (χ4n) is 2.11. The van der Waals surface area contributed by atoms with Crippen molar-refractivity contribution in [2.45, 2.75) is 17.5 Å². The molecule has 1 atom stereocenters. The van der Waals surface area contributed by atoms with Crippen LogP contribution in [0.15, 0.2) is 41.7 Å². The van der Waals surface area contributed by atoms with Crippen LogP contribution < -0.4 is 9.47 Å². The molecule has 0 aliphatic carbocycles. The van der Waals surface area contributed by atoms with Gasteiger partial charge < -0.3 is 14.5 Å². The maximum Gasteiger partial charge on any atom is 0.387 e. The Morgan fingerprint density at radius 2 is 2.08 bits per heavy atom. The van der Waals surface area contributed by atoms with Crippen molar-refractivity contribution in [1.82, 2.24) is 15.0 Å². The predicted molar refractivity (Wildman–Crippen MR) is 83.6 cm³/mol. The van der Waals surface area contributed by atoms with E-state index in [9.17, 15) is 13.0 Å². The Kier molecular flexibility index (Phi) is 4.70. The molecule has 2 aromatic heterocycles. The fourth-order valence-corrected chi connectivity index (χ4v) is 3.10. The highest BCUT2D eigenvalue weighted by Gasteiger charge is 2.13. The minimum atomic E-state index is -2.90. The van der Waals surface area contributed by atoms with Gasteiger partial charge in [-0.05, 0) is 18.2 Å². The van der Waals surface area contributed by atoms with Crippen molar-refractivity contribution in [3.63, 3.8) is 0 Å². The minimum Gasteiger partial charge on any atom is -0.497 e. The topological polar surface area (TPSA) is 77.1 Å². The summed E-state index contributed by atoms with van der Waals surface area (Å²) in [6.45, 7) is -2.90. The number of benzene rings is 1. The molecule has 126 valence electrons. The van der Waals surface area contributed by atoms with Crippen LogP contribution in [0.4, 0.5) is 8.78 Å². The van der Waals surface area contributed by atoms with E-state index in [2.05, 4.69) is 19.7 Å². The van der Waals surface area contributed by atoms with Crippen LogP contribution in [0.1, 0.15) is 5.69 Å². The van der Waals surface area contributed by atoms with Crippen molar-refractivity contribution in [3.05, 3.63) is 42.2 Å². The first kappa shape index (κ1) is 16.3. The van der Waals surface area contributed by atoms with Gasteiger partial charge in [-0.25, -0.2) is 4.98 Å². The molecule has 3 rings (SSSR count). The largest absolute Gasteiger partial charge is 0.497 e.